The van der Waals surface area contributed by atoms with Crippen LogP contribution in [0.2, 0.25) is 5.02 Å². The number of allylic oxidation sites excluding steroid dienone is 1. The van der Waals surface area contributed by atoms with Crippen molar-refractivity contribution in [3.05, 3.63) is 52.1 Å². The first kappa shape index (κ1) is 25.3. The van der Waals surface area contributed by atoms with Crippen LogP contribution in [0.25, 0.3) is 0 Å². The molecule has 3 heterocycles. The van der Waals surface area contributed by atoms with E-state index in [0.29, 0.717) is 5.70 Å². The number of halogens is 2. The number of nitrogens with one attached hydrogen (secondary N) is 1. The van der Waals surface area contributed by atoms with Gasteiger partial charge in [-0.1, -0.05) is 11.6 Å². The summed E-state index contributed by atoms with van der Waals surface area (Å²) in [6, 6.07) is 3.43. The first-order valence-electron chi connectivity index (χ1n) is 11.3. The Hall–Kier alpha value is -2.76. The molecule has 0 saturated carbocycles. The number of sulfone groups is 1. The van der Waals surface area contributed by atoms with Crippen molar-refractivity contribution in [2.45, 2.75) is 38.6 Å². The van der Waals surface area contributed by atoms with Crippen molar-refractivity contribution in [2.75, 3.05) is 29.9 Å². The van der Waals surface area contributed by atoms with Crippen LogP contribution < -0.4 is 16.8 Å². The van der Waals surface area contributed by atoms with Crippen molar-refractivity contribution in [1.82, 2.24) is 14.9 Å². The summed E-state index contributed by atoms with van der Waals surface area (Å²) in [7, 11) is -2.84. The van der Waals surface area contributed by atoms with Crippen LogP contribution in [0.4, 0.5) is 21.8 Å². The SMILES string of the molecule is C/C(N)=C/C(N)=Nc1nc(Nc2cc(C)c(C3CCN(C4CS(=O)(=O)C4)CC3)cc2F)ncc1Cl. The fourth-order valence-corrected chi connectivity index (χ4v) is 6.19. The smallest absolute Gasteiger partial charge is 0.229 e. The molecule has 0 bridgehead atoms. The van der Waals surface area contributed by atoms with Crippen molar-refractivity contribution < 1.29 is 12.8 Å². The number of benzene rings is 1. The van der Waals surface area contributed by atoms with Gasteiger partial charge in [0, 0.05) is 11.7 Å². The molecule has 0 spiro atoms. The summed E-state index contributed by atoms with van der Waals surface area (Å²) in [5.74, 6) is 0.711. The Balaban J connectivity index is 1.46. The second kappa shape index (κ2) is 10.1. The summed E-state index contributed by atoms with van der Waals surface area (Å²) in [5, 5.41) is 3.09. The van der Waals surface area contributed by atoms with E-state index in [2.05, 4.69) is 25.2 Å². The Labute approximate surface area is 209 Å². The van der Waals surface area contributed by atoms with Gasteiger partial charge in [0.15, 0.2) is 15.7 Å². The van der Waals surface area contributed by atoms with Gasteiger partial charge in [-0.3, -0.25) is 4.90 Å². The van der Waals surface area contributed by atoms with E-state index in [0.717, 1.165) is 37.1 Å². The highest BCUT2D eigenvalue weighted by atomic mass is 35.5. The highest BCUT2D eigenvalue weighted by Crippen LogP contribution is 2.35. The van der Waals surface area contributed by atoms with Crippen LogP contribution in [0.15, 0.2) is 35.1 Å². The molecule has 0 radical (unpaired) electrons. The normalized spacial score (nSPS) is 20.0. The topological polar surface area (TPSA) is 140 Å². The van der Waals surface area contributed by atoms with E-state index in [1.54, 1.807) is 19.1 Å². The maximum atomic E-state index is 15.1. The molecule has 0 aliphatic carbocycles. The minimum Gasteiger partial charge on any atom is -0.402 e. The molecule has 1 aromatic heterocycles. The number of nitrogens with two attached hydrogens (primary N) is 2. The summed E-state index contributed by atoms with van der Waals surface area (Å²) in [6.45, 7) is 5.26. The van der Waals surface area contributed by atoms with Crippen LogP contribution in [0, 0.1) is 12.7 Å². The molecule has 188 valence electrons. The van der Waals surface area contributed by atoms with E-state index >= 15 is 4.39 Å². The number of amidine groups is 1. The number of aliphatic imine (C=N–C) groups is 1. The van der Waals surface area contributed by atoms with Crippen LogP contribution in [-0.4, -0.2) is 59.8 Å². The van der Waals surface area contributed by atoms with Gasteiger partial charge < -0.3 is 16.8 Å². The fourth-order valence-electron chi connectivity index (χ4n) is 4.56. The number of aryl methyl sites for hydroxylation is 1. The number of likely N-dealkylation sites (tertiary alicyclic amines) is 1. The summed E-state index contributed by atoms with van der Waals surface area (Å²) < 4.78 is 38.0. The first-order valence-corrected chi connectivity index (χ1v) is 13.5. The molecule has 2 saturated heterocycles. The lowest BCUT2D eigenvalue weighted by Gasteiger charge is -2.41. The third-order valence-corrected chi connectivity index (χ3v) is 8.37. The van der Waals surface area contributed by atoms with E-state index in [9.17, 15) is 8.42 Å². The zero-order valence-corrected chi connectivity index (χ0v) is 21.2. The Morgan fingerprint density at radius 2 is 1.97 bits per heavy atom. The monoisotopic (exact) mass is 521 g/mol. The van der Waals surface area contributed by atoms with Crippen LogP contribution in [0.1, 0.15) is 36.8 Å². The molecule has 0 atom stereocenters. The fraction of sp³-hybridized carbons (Fsp3) is 0.435. The molecule has 0 amide bonds. The van der Waals surface area contributed by atoms with Crippen LogP contribution in [-0.2, 0) is 9.84 Å². The zero-order valence-electron chi connectivity index (χ0n) is 19.6. The van der Waals surface area contributed by atoms with Crippen molar-refractivity contribution in [3.8, 4) is 0 Å². The third-order valence-electron chi connectivity index (χ3n) is 6.32. The average molecular weight is 522 g/mol. The number of hydrogen-bond donors (Lipinski definition) is 3. The minimum atomic E-state index is -2.84. The Morgan fingerprint density at radius 1 is 1.29 bits per heavy atom. The Morgan fingerprint density at radius 3 is 2.60 bits per heavy atom. The van der Waals surface area contributed by atoms with Gasteiger partial charge in [0.1, 0.15) is 16.7 Å². The van der Waals surface area contributed by atoms with Gasteiger partial charge in [0.05, 0.1) is 23.4 Å². The van der Waals surface area contributed by atoms with Crippen molar-refractivity contribution in [1.29, 1.82) is 0 Å². The van der Waals surface area contributed by atoms with E-state index in [4.69, 9.17) is 23.1 Å². The first-order chi connectivity index (χ1) is 16.5. The van der Waals surface area contributed by atoms with Crippen molar-refractivity contribution >= 4 is 44.7 Å². The van der Waals surface area contributed by atoms with Gasteiger partial charge >= 0.3 is 0 Å². The molecule has 12 heteroatoms. The molecule has 2 aromatic rings. The molecule has 4 rings (SSSR count). The number of nitrogens with zero attached hydrogens (tertiary/aromatic N) is 4. The molecule has 1 aromatic carbocycles. The second-order valence-corrected chi connectivity index (χ2v) is 11.7. The predicted octanol–water partition coefficient (Wildman–Crippen LogP) is 3.15. The largest absolute Gasteiger partial charge is 0.402 e. The molecule has 35 heavy (non-hydrogen) atoms. The van der Waals surface area contributed by atoms with Crippen molar-refractivity contribution in [3.63, 3.8) is 0 Å². The number of hydrogen-bond acceptors (Lipinski definition) is 8. The van der Waals surface area contributed by atoms with Crippen LogP contribution >= 0.6 is 11.6 Å². The molecule has 9 nitrogen and oxygen atoms in total. The Bertz CT molecular complexity index is 1280. The standard InChI is InChI=1S/C23H29ClFN7O2S/c1-13-7-20(29-23-28-10-18(24)22(31-23)30-21(27)8-14(2)26)19(25)9-17(13)15-3-5-32(6-4-15)16-11-35(33,34)12-16/h7-10,15-16H,3-6,11-12,26H2,1-2H3,(H3,27,28,29,30,31)/b14-8-. The van der Waals surface area contributed by atoms with E-state index in [-0.39, 0.29) is 51.8 Å². The lowest BCUT2D eigenvalue weighted by Crippen LogP contribution is -2.55. The van der Waals surface area contributed by atoms with Gasteiger partial charge in [-0.05, 0) is 75.0 Å². The highest BCUT2D eigenvalue weighted by molar-refractivity contribution is 7.92. The molecule has 2 aliphatic rings. The molecule has 2 aliphatic heterocycles. The average Bonchev–Trinajstić information content (AvgIpc) is 2.76. The van der Waals surface area contributed by atoms with Crippen LogP contribution in [0.3, 0.4) is 0 Å². The number of piperidine rings is 1. The van der Waals surface area contributed by atoms with E-state index in [1.807, 2.05) is 6.92 Å². The quantitative estimate of drug-likeness (QED) is 0.389. The number of rotatable bonds is 6. The second-order valence-electron chi connectivity index (χ2n) is 9.14. The van der Waals surface area contributed by atoms with Gasteiger partial charge in [0.2, 0.25) is 5.95 Å². The third kappa shape index (κ3) is 6.09. The lowest BCUT2D eigenvalue weighted by atomic mass is 9.86. The molecular weight excluding hydrogens is 493 g/mol. The zero-order chi connectivity index (χ0) is 25.3. The molecule has 0 unspecified atom stereocenters. The van der Waals surface area contributed by atoms with Crippen molar-refractivity contribution in [2.24, 2.45) is 16.5 Å². The number of aromatic nitrogens is 2. The number of anilines is 2. The van der Waals surface area contributed by atoms with Gasteiger partial charge in [-0.2, -0.15) is 4.98 Å². The van der Waals surface area contributed by atoms with E-state index < -0.39 is 15.7 Å². The summed E-state index contributed by atoms with van der Waals surface area (Å²) in [5.41, 5.74) is 14.1. The summed E-state index contributed by atoms with van der Waals surface area (Å²) >= 11 is 6.13. The minimum absolute atomic E-state index is 0.129. The highest BCUT2D eigenvalue weighted by Gasteiger charge is 2.39. The molecular formula is C23H29ClFN7O2S. The maximum Gasteiger partial charge on any atom is 0.229 e. The van der Waals surface area contributed by atoms with E-state index in [1.165, 1.54) is 12.3 Å². The van der Waals surface area contributed by atoms with Gasteiger partial charge in [0.25, 0.3) is 0 Å². The Kier molecular flexibility index (Phi) is 7.30. The van der Waals surface area contributed by atoms with Gasteiger partial charge in [-0.15, -0.1) is 0 Å². The predicted molar refractivity (Wildman–Crippen MR) is 137 cm³/mol. The lowest BCUT2D eigenvalue weighted by molar-refractivity contribution is 0.166. The van der Waals surface area contributed by atoms with Crippen LogP contribution in [0.5, 0.6) is 0 Å². The summed E-state index contributed by atoms with van der Waals surface area (Å²) in [6.07, 6.45) is 4.57. The summed E-state index contributed by atoms with van der Waals surface area (Å²) in [4.78, 5) is 14.7. The molecule has 5 N–H and O–H groups in total. The van der Waals surface area contributed by atoms with Gasteiger partial charge in [-0.25, -0.2) is 22.8 Å². The molecule has 2 fully saturated rings. The maximum absolute atomic E-state index is 15.1.